The van der Waals surface area contributed by atoms with E-state index in [1.807, 2.05) is 42.6 Å². The number of aromatic nitrogens is 2. The van der Waals surface area contributed by atoms with E-state index in [1.165, 1.54) is 0 Å². The van der Waals surface area contributed by atoms with Gasteiger partial charge in [0.15, 0.2) is 0 Å². The highest BCUT2D eigenvalue weighted by Gasteiger charge is 2.10. The lowest BCUT2D eigenvalue weighted by atomic mass is 10.0. The summed E-state index contributed by atoms with van der Waals surface area (Å²) in [6.45, 7) is 0.696. The minimum Gasteiger partial charge on any atom is -0.478 e. The molecule has 0 atom stereocenters. The molecule has 0 aliphatic carbocycles. The van der Waals surface area contributed by atoms with E-state index >= 15 is 0 Å². The summed E-state index contributed by atoms with van der Waals surface area (Å²) in [6, 6.07) is 14.9. The van der Waals surface area contributed by atoms with Crippen molar-refractivity contribution in [3.63, 3.8) is 0 Å². The molecule has 0 aliphatic heterocycles. The molecule has 0 spiro atoms. The minimum atomic E-state index is -0.889. The summed E-state index contributed by atoms with van der Waals surface area (Å²) >= 11 is 1.70. The molecule has 3 aromatic rings. The number of carbonyl (C=O) groups is 1. The van der Waals surface area contributed by atoms with Crippen LogP contribution in [0.15, 0.2) is 65.8 Å². The Kier molecular flexibility index (Phi) is 5.40. The number of benzene rings is 2. The number of anilines is 1. The number of aromatic carboxylic acids is 1. The van der Waals surface area contributed by atoms with E-state index in [0.29, 0.717) is 18.5 Å². The third kappa shape index (κ3) is 4.42. The summed E-state index contributed by atoms with van der Waals surface area (Å²) in [5.74, 6) is 0.826. The van der Waals surface area contributed by atoms with Crippen LogP contribution in [0.3, 0.4) is 0 Å². The fraction of sp³-hybridized carbons (Fsp3) is 0.158. The molecule has 25 heavy (non-hydrogen) atoms. The number of carboxylic acid groups (broad SMARTS) is 1. The van der Waals surface area contributed by atoms with Gasteiger partial charge in [-0.25, -0.2) is 9.78 Å². The molecule has 0 fully saturated rings. The number of hydrogen-bond donors (Lipinski definition) is 2. The zero-order chi connectivity index (χ0) is 17.6. The fourth-order valence-corrected chi connectivity index (χ4v) is 3.45. The maximum atomic E-state index is 11.3. The van der Waals surface area contributed by atoms with Crippen LogP contribution in [0.5, 0.6) is 0 Å². The van der Waals surface area contributed by atoms with Gasteiger partial charge in [0.1, 0.15) is 5.82 Å². The Hall–Kier alpha value is -2.73. The molecule has 0 bridgehead atoms. The number of nitrogens with zero attached hydrogens (tertiary/aromatic N) is 2. The summed E-state index contributed by atoms with van der Waals surface area (Å²) in [5.41, 5.74) is 7.65. The highest BCUT2D eigenvalue weighted by molar-refractivity contribution is 7.98. The van der Waals surface area contributed by atoms with Crippen molar-refractivity contribution >= 4 is 23.4 Å². The molecule has 128 valence electrons. The van der Waals surface area contributed by atoms with Crippen LogP contribution in [0.25, 0.3) is 0 Å². The monoisotopic (exact) mass is 353 g/mol. The van der Waals surface area contributed by atoms with E-state index in [1.54, 1.807) is 30.1 Å². The van der Waals surface area contributed by atoms with Crippen molar-refractivity contribution in [1.29, 1.82) is 0 Å². The topological polar surface area (TPSA) is 81.1 Å². The molecule has 0 unspecified atom stereocenters. The predicted octanol–water partition coefficient (Wildman–Crippen LogP) is 3.70. The Balaban J connectivity index is 1.64. The van der Waals surface area contributed by atoms with Crippen molar-refractivity contribution in [1.82, 2.24) is 9.55 Å². The summed E-state index contributed by atoms with van der Waals surface area (Å²) in [4.78, 5) is 16.9. The van der Waals surface area contributed by atoms with E-state index < -0.39 is 5.97 Å². The van der Waals surface area contributed by atoms with Gasteiger partial charge in [-0.1, -0.05) is 18.2 Å². The summed E-state index contributed by atoms with van der Waals surface area (Å²) < 4.78 is 2.07. The minimum absolute atomic E-state index is 0.361. The molecule has 6 heteroatoms. The van der Waals surface area contributed by atoms with Crippen LogP contribution in [-0.4, -0.2) is 20.6 Å². The van der Waals surface area contributed by atoms with Gasteiger partial charge < -0.3 is 15.4 Å². The first kappa shape index (κ1) is 17.1. The van der Waals surface area contributed by atoms with Gasteiger partial charge in [-0.3, -0.25) is 0 Å². The van der Waals surface area contributed by atoms with Crippen LogP contribution >= 0.6 is 11.8 Å². The van der Waals surface area contributed by atoms with E-state index in [4.69, 9.17) is 5.73 Å². The number of rotatable bonds is 7. The Morgan fingerprint density at radius 2 is 1.92 bits per heavy atom. The van der Waals surface area contributed by atoms with E-state index in [-0.39, 0.29) is 0 Å². The van der Waals surface area contributed by atoms with Gasteiger partial charge in [-0.05, 0) is 42.3 Å². The lowest BCUT2D eigenvalue weighted by Crippen LogP contribution is -2.08. The van der Waals surface area contributed by atoms with Crippen molar-refractivity contribution in [2.45, 2.75) is 23.6 Å². The highest BCUT2D eigenvalue weighted by atomic mass is 32.2. The molecule has 3 rings (SSSR count). The third-order valence-corrected chi connectivity index (χ3v) is 4.93. The van der Waals surface area contributed by atoms with Crippen LogP contribution in [-0.2, 0) is 18.7 Å². The first-order valence-electron chi connectivity index (χ1n) is 7.93. The number of thioether (sulfide) groups is 1. The zero-order valence-electron chi connectivity index (χ0n) is 13.6. The van der Waals surface area contributed by atoms with Crippen molar-refractivity contribution in [3.8, 4) is 0 Å². The van der Waals surface area contributed by atoms with Crippen LogP contribution in [0.4, 0.5) is 5.69 Å². The van der Waals surface area contributed by atoms with Gasteiger partial charge in [0.25, 0.3) is 0 Å². The smallest absolute Gasteiger partial charge is 0.335 e. The summed E-state index contributed by atoms with van der Waals surface area (Å²) in [5, 5.41) is 9.28. The van der Waals surface area contributed by atoms with Crippen LogP contribution in [0.1, 0.15) is 21.7 Å². The predicted molar refractivity (Wildman–Crippen MR) is 99.7 cm³/mol. The number of imidazole rings is 1. The average molecular weight is 353 g/mol. The second kappa shape index (κ2) is 7.90. The largest absolute Gasteiger partial charge is 0.478 e. The van der Waals surface area contributed by atoms with Gasteiger partial charge in [-0.15, -0.1) is 11.8 Å². The number of carboxylic acids is 1. The van der Waals surface area contributed by atoms with Crippen molar-refractivity contribution in [3.05, 3.63) is 77.9 Å². The second-order valence-electron chi connectivity index (χ2n) is 5.61. The Labute approximate surface area is 150 Å². The molecule has 3 N–H and O–H groups in total. The molecule has 5 nitrogen and oxygen atoms in total. The summed E-state index contributed by atoms with van der Waals surface area (Å²) in [6.07, 6.45) is 4.36. The van der Waals surface area contributed by atoms with Gasteiger partial charge in [-0.2, -0.15) is 0 Å². The average Bonchev–Trinajstić information content (AvgIpc) is 3.07. The van der Waals surface area contributed by atoms with Gasteiger partial charge >= 0.3 is 5.97 Å². The Morgan fingerprint density at radius 1 is 1.16 bits per heavy atom. The van der Waals surface area contributed by atoms with Gasteiger partial charge in [0, 0.05) is 29.5 Å². The highest BCUT2D eigenvalue weighted by Crippen LogP contribution is 2.23. The van der Waals surface area contributed by atoms with Crippen LogP contribution < -0.4 is 5.73 Å². The quantitative estimate of drug-likeness (QED) is 0.500. The lowest BCUT2D eigenvalue weighted by molar-refractivity contribution is 0.0695. The molecule has 0 aliphatic rings. The first-order valence-corrected chi connectivity index (χ1v) is 8.91. The number of hydrogen-bond acceptors (Lipinski definition) is 4. The molecule has 2 aromatic carbocycles. The standard InChI is InChI=1S/C19H19N3O2S/c20-15-5-7-16(8-6-15)25-13-18-21-10-12-22(18)11-9-14-3-1-2-4-17(14)19(23)24/h1-8,10,12H,9,11,13,20H2,(H,23,24). The van der Waals surface area contributed by atoms with E-state index in [9.17, 15) is 9.90 Å². The van der Waals surface area contributed by atoms with Crippen molar-refractivity contribution in [2.75, 3.05) is 5.73 Å². The van der Waals surface area contributed by atoms with Crippen LogP contribution in [0, 0.1) is 0 Å². The molecule has 0 saturated heterocycles. The second-order valence-corrected chi connectivity index (χ2v) is 6.66. The van der Waals surface area contributed by atoms with Gasteiger partial charge in [0.2, 0.25) is 0 Å². The maximum Gasteiger partial charge on any atom is 0.335 e. The SMILES string of the molecule is Nc1ccc(SCc2nccn2CCc2ccccc2C(=O)O)cc1. The normalized spacial score (nSPS) is 10.7. The van der Waals surface area contributed by atoms with E-state index in [2.05, 4.69) is 9.55 Å². The Bertz CT molecular complexity index is 859. The number of nitrogen functional groups attached to an aromatic ring is 1. The number of nitrogens with two attached hydrogens (primary N) is 1. The van der Waals surface area contributed by atoms with Crippen molar-refractivity contribution in [2.24, 2.45) is 0 Å². The van der Waals surface area contributed by atoms with E-state index in [0.717, 1.165) is 27.7 Å². The molecule has 1 heterocycles. The molecule has 0 radical (unpaired) electrons. The lowest BCUT2D eigenvalue weighted by Gasteiger charge is -2.10. The molecular weight excluding hydrogens is 334 g/mol. The maximum absolute atomic E-state index is 11.3. The first-order chi connectivity index (χ1) is 12.1. The number of aryl methyl sites for hydroxylation is 2. The Morgan fingerprint density at radius 3 is 2.68 bits per heavy atom. The third-order valence-electron chi connectivity index (χ3n) is 3.92. The zero-order valence-corrected chi connectivity index (χ0v) is 14.4. The molecule has 0 amide bonds. The molecule has 1 aromatic heterocycles. The molecular formula is C19H19N3O2S. The van der Waals surface area contributed by atoms with Gasteiger partial charge in [0.05, 0.1) is 11.3 Å². The molecule has 0 saturated carbocycles. The summed E-state index contributed by atoms with van der Waals surface area (Å²) in [7, 11) is 0. The fourth-order valence-electron chi connectivity index (χ4n) is 2.58. The van der Waals surface area contributed by atoms with Crippen molar-refractivity contribution < 1.29 is 9.90 Å². The van der Waals surface area contributed by atoms with Crippen LogP contribution in [0.2, 0.25) is 0 Å².